The lowest BCUT2D eigenvalue weighted by atomic mass is 10.0. The number of amides is 1. The number of benzene rings is 2. The summed E-state index contributed by atoms with van der Waals surface area (Å²) in [4.78, 5) is 15.6. The fraction of sp³-hybridized carbons (Fsp3) is 0.381. The molecule has 0 aromatic heterocycles. The highest BCUT2D eigenvalue weighted by molar-refractivity contribution is 8.00. The van der Waals surface area contributed by atoms with Crippen LogP contribution in [0.15, 0.2) is 64.4 Å². The van der Waals surface area contributed by atoms with E-state index in [9.17, 15) is 13.2 Å². The van der Waals surface area contributed by atoms with Gasteiger partial charge in [0.15, 0.2) is 0 Å². The topological polar surface area (TPSA) is 57.7 Å². The Morgan fingerprint density at radius 1 is 0.964 bits per heavy atom. The lowest BCUT2D eigenvalue weighted by Crippen LogP contribution is -2.50. The van der Waals surface area contributed by atoms with Crippen LogP contribution in [0.2, 0.25) is 0 Å². The summed E-state index contributed by atoms with van der Waals surface area (Å²) in [6, 6.07) is 16.8. The Labute approximate surface area is 171 Å². The van der Waals surface area contributed by atoms with Crippen LogP contribution in [0.3, 0.4) is 0 Å². The molecule has 1 fully saturated rings. The number of nitrogens with zero attached hydrogens (tertiary/aromatic N) is 2. The molecule has 0 spiro atoms. The summed E-state index contributed by atoms with van der Waals surface area (Å²) in [6.07, 6.45) is 0. The van der Waals surface area contributed by atoms with Gasteiger partial charge in [-0.1, -0.05) is 44.2 Å². The fourth-order valence-electron chi connectivity index (χ4n) is 3.10. The van der Waals surface area contributed by atoms with Crippen molar-refractivity contribution in [1.82, 2.24) is 9.21 Å². The SMILES string of the molecule is CC(C)c1ccc(SCC(=O)N2CCN(S(=O)(=O)c3ccccc3)CC2)cc1. The molecule has 2 aromatic rings. The van der Waals surface area contributed by atoms with Gasteiger partial charge in [-0.15, -0.1) is 11.8 Å². The van der Waals surface area contributed by atoms with Crippen LogP contribution in [-0.2, 0) is 14.8 Å². The van der Waals surface area contributed by atoms with Crippen molar-refractivity contribution in [3.63, 3.8) is 0 Å². The maximum atomic E-state index is 12.7. The molecule has 1 aliphatic rings. The molecule has 7 heteroatoms. The second kappa shape index (κ2) is 9.11. The summed E-state index contributed by atoms with van der Waals surface area (Å²) in [5.41, 5.74) is 1.28. The zero-order valence-corrected chi connectivity index (χ0v) is 17.9. The average Bonchev–Trinajstić information content (AvgIpc) is 2.73. The predicted octanol–water partition coefficient (Wildman–Crippen LogP) is 3.44. The third-order valence-electron chi connectivity index (χ3n) is 4.88. The summed E-state index contributed by atoms with van der Waals surface area (Å²) in [5.74, 6) is 0.908. The van der Waals surface area contributed by atoms with Gasteiger partial charge in [0.05, 0.1) is 10.6 Å². The van der Waals surface area contributed by atoms with E-state index in [1.165, 1.54) is 21.6 Å². The maximum Gasteiger partial charge on any atom is 0.243 e. The van der Waals surface area contributed by atoms with Crippen LogP contribution in [0.5, 0.6) is 0 Å². The molecule has 1 aliphatic heterocycles. The van der Waals surface area contributed by atoms with Crippen LogP contribution in [0.1, 0.15) is 25.3 Å². The second-order valence-corrected chi connectivity index (χ2v) is 10.1. The Morgan fingerprint density at radius 2 is 1.57 bits per heavy atom. The molecule has 5 nitrogen and oxygen atoms in total. The molecule has 3 rings (SSSR count). The van der Waals surface area contributed by atoms with Gasteiger partial charge in [0, 0.05) is 31.1 Å². The highest BCUT2D eigenvalue weighted by Gasteiger charge is 2.29. The minimum Gasteiger partial charge on any atom is -0.339 e. The van der Waals surface area contributed by atoms with Crippen molar-refractivity contribution < 1.29 is 13.2 Å². The summed E-state index contributed by atoms with van der Waals surface area (Å²) in [7, 11) is -3.49. The van der Waals surface area contributed by atoms with Gasteiger partial charge >= 0.3 is 0 Å². The number of hydrogen-bond donors (Lipinski definition) is 0. The van der Waals surface area contributed by atoms with E-state index in [1.807, 2.05) is 0 Å². The molecule has 0 radical (unpaired) electrons. The van der Waals surface area contributed by atoms with E-state index in [1.54, 1.807) is 35.2 Å². The lowest BCUT2D eigenvalue weighted by Gasteiger charge is -2.34. The molecule has 0 bridgehead atoms. The third kappa shape index (κ3) is 4.96. The van der Waals surface area contributed by atoms with Crippen molar-refractivity contribution in [3.05, 3.63) is 60.2 Å². The zero-order valence-electron chi connectivity index (χ0n) is 16.2. The first kappa shape index (κ1) is 20.9. The van der Waals surface area contributed by atoms with Crippen molar-refractivity contribution in [1.29, 1.82) is 0 Å². The largest absolute Gasteiger partial charge is 0.339 e. The summed E-state index contributed by atoms with van der Waals surface area (Å²) >= 11 is 1.52. The summed E-state index contributed by atoms with van der Waals surface area (Å²) < 4.78 is 26.8. The molecule has 0 aliphatic carbocycles. The Morgan fingerprint density at radius 3 is 2.14 bits per heavy atom. The first-order valence-corrected chi connectivity index (χ1v) is 11.9. The second-order valence-electron chi connectivity index (χ2n) is 7.11. The predicted molar refractivity (Wildman–Crippen MR) is 113 cm³/mol. The van der Waals surface area contributed by atoms with Crippen LogP contribution < -0.4 is 0 Å². The number of rotatable bonds is 6. The van der Waals surface area contributed by atoms with Crippen LogP contribution in [0.4, 0.5) is 0 Å². The van der Waals surface area contributed by atoms with E-state index >= 15 is 0 Å². The van der Waals surface area contributed by atoms with E-state index in [-0.39, 0.29) is 5.91 Å². The van der Waals surface area contributed by atoms with E-state index in [2.05, 4.69) is 38.1 Å². The number of carbonyl (C=O) groups is 1. The van der Waals surface area contributed by atoms with Gasteiger partial charge in [0.1, 0.15) is 0 Å². The van der Waals surface area contributed by atoms with E-state index in [0.717, 1.165) is 4.90 Å². The van der Waals surface area contributed by atoms with Crippen molar-refractivity contribution >= 4 is 27.7 Å². The van der Waals surface area contributed by atoms with Crippen molar-refractivity contribution in [3.8, 4) is 0 Å². The summed E-state index contributed by atoms with van der Waals surface area (Å²) in [6.45, 7) is 5.83. The van der Waals surface area contributed by atoms with Gasteiger partial charge in [-0.25, -0.2) is 8.42 Å². The monoisotopic (exact) mass is 418 g/mol. The molecule has 0 atom stereocenters. The highest BCUT2D eigenvalue weighted by atomic mass is 32.2. The number of piperazine rings is 1. The normalized spacial score (nSPS) is 15.8. The quantitative estimate of drug-likeness (QED) is 0.675. The minimum absolute atomic E-state index is 0.0506. The molecule has 150 valence electrons. The van der Waals surface area contributed by atoms with Crippen molar-refractivity contribution in [2.24, 2.45) is 0 Å². The number of hydrogen-bond acceptors (Lipinski definition) is 4. The standard InChI is InChI=1S/C21H26N2O3S2/c1-17(2)18-8-10-19(11-9-18)27-16-21(24)22-12-14-23(15-13-22)28(25,26)20-6-4-3-5-7-20/h3-11,17H,12-16H2,1-2H3. The molecule has 0 saturated carbocycles. The first-order chi connectivity index (χ1) is 13.4. The molecule has 0 unspecified atom stereocenters. The van der Waals surface area contributed by atoms with Gasteiger partial charge in [0.25, 0.3) is 0 Å². The molecular weight excluding hydrogens is 392 g/mol. The molecule has 1 saturated heterocycles. The lowest BCUT2D eigenvalue weighted by molar-refractivity contribution is -0.129. The van der Waals surface area contributed by atoms with Gasteiger partial charge in [-0.3, -0.25) is 4.79 Å². The van der Waals surface area contributed by atoms with Gasteiger partial charge in [0.2, 0.25) is 15.9 Å². The van der Waals surface area contributed by atoms with Gasteiger partial charge in [-0.2, -0.15) is 4.31 Å². The Kier molecular flexibility index (Phi) is 6.80. The first-order valence-electron chi connectivity index (χ1n) is 9.43. The molecule has 28 heavy (non-hydrogen) atoms. The smallest absolute Gasteiger partial charge is 0.243 e. The van der Waals surface area contributed by atoms with Crippen LogP contribution >= 0.6 is 11.8 Å². The molecule has 1 heterocycles. The Bertz CT molecular complexity index is 889. The third-order valence-corrected chi connectivity index (χ3v) is 7.79. The van der Waals surface area contributed by atoms with Gasteiger partial charge < -0.3 is 4.90 Å². The minimum atomic E-state index is -3.49. The van der Waals surface area contributed by atoms with E-state index < -0.39 is 10.0 Å². The summed E-state index contributed by atoms with van der Waals surface area (Å²) in [5, 5.41) is 0. The maximum absolute atomic E-state index is 12.7. The van der Waals surface area contributed by atoms with Gasteiger partial charge in [-0.05, 0) is 35.7 Å². The van der Waals surface area contributed by atoms with Crippen LogP contribution in [0.25, 0.3) is 0 Å². The molecule has 2 aromatic carbocycles. The zero-order chi connectivity index (χ0) is 20.1. The number of sulfonamides is 1. The fourth-order valence-corrected chi connectivity index (χ4v) is 5.35. The number of carbonyl (C=O) groups excluding carboxylic acids is 1. The Hall–Kier alpha value is -1.83. The molecule has 0 N–H and O–H groups in total. The molecular formula is C21H26N2O3S2. The van der Waals surface area contributed by atoms with Crippen molar-refractivity contribution in [2.45, 2.75) is 29.6 Å². The van der Waals surface area contributed by atoms with Crippen LogP contribution in [0, 0.1) is 0 Å². The van der Waals surface area contributed by atoms with Crippen molar-refractivity contribution in [2.75, 3.05) is 31.9 Å². The Balaban J connectivity index is 1.51. The van der Waals surface area contributed by atoms with E-state index in [4.69, 9.17) is 0 Å². The van der Waals surface area contributed by atoms with E-state index in [0.29, 0.717) is 42.7 Å². The highest BCUT2D eigenvalue weighted by Crippen LogP contribution is 2.23. The average molecular weight is 419 g/mol. The number of thioether (sulfide) groups is 1. The molecule has 1 amide bonds. The van der Waals surface area contributed by atoms with Crippen LogP contribution in [-0.4, -0.2) is 55.5 Å².